The number of nitrogen functional groups attached to an aromatic ring is 1. The number of rotatable bonds is 2. The highest BCUT2D eigenvalue weighted by molar-refractivity contribution is 6.06. The van der Waals surface area contributed by atoms with Gasteiger partial charge in [0.15, 0.2) is 0 Å². The Morgan fingerprint density at radius 3 is 2.76 bits per heavy atom. The fraction of sp³-hybridized carbons (Fsp3) is 0.182. The van der Waals surface area contributed by atoms with Crippen LogP contribution >= 0.6 is 0 Å². The minimum atomic E-state index is -0.625. The molecule has 3 amide bonds. The molecule has 1 unspecified atom stereocenters. The number of nitrogens with zero attached hydrogens (tertiary/aromatic N) is 2. The first kappa shape index (κ1) is 17.4. The Bertz CT molecular complexity index is 1200. The van der Waals surface area contributed by atoms with Crippen molar-refractivity contribution in [2.24, 2.45) is 0 Å². The topological polar surface area (TPSA) is 105 Å². The van der Waals surface area contributed by atoms with Gasteiger partial charge in [0.05, 0.1) is 11.4 Å². The number of anilines is 1. The van der Waals surface area contributed by atoms with Gasteiger partial charge in [-0.25, -0.2) is 0 Å². The number of fused-ring (bicyclic) bond motifs is 2. The van der Waals surface area contributed by atoms with Crippen molar-refractivity contribution in [3.8, 4) is 11.3 Å². The van der Waals surface area contributed by atoms with E-state index < -0.39 is 11.9 Å². The molecule has 0 saturated carbocycles. The van der Waals surface area contributed by atoms with Crippen molar-refractivity contribution in [2.75, 3.05) is 5.73 Å². The summed E-state index contributed by atoms with van der Waals surface area (Å²) in [4.78, 5) is 42.5. The molecule has 29 heavy (non-hydrogen) atoms. The van der Waals surface area contributed by atoms with Crippen molar-refractivity contribution in [3.63, 3.8) is 0 Å². The van der Waals surface area contributed by atoms with E-state index in [-0.39, 0.29) is 18.2 Å². The van der Waals surface area contributed by atoms with Crippen molar-refractivity contribution in [2.45, 2.75) is 25.4 Å². The molecule has 3 heterocycles. The number of imide groups is 1. The average molecular weight is 386 g/mol. The van der Waals surface area contributed by atoms with Gasteiger partial charge in [-0.1, -0.05) is 30.3 Å². The molecule has 7 heteroatoms. The quantitative estimate of drug-likeness (QED) is 0.657. The van der Waals surface area contributed by atoms with Crippen LogP contribution < -0.4 is 11.1 Å². The number of nitrogens with one attached hydrogen (secondary N) is 1. The third-order valence-corrected chi connectivity index (χ3v) is 5.64. The fourth-order valence-electron chi connectivity index (χ4n) is 4.14. The van der Waals surface area contributed by atoms with Crippen LogP contribution in [0.5, 0.6) is 0 Å². The Labute approximate surface area is 166 Å². The number of hydrogen-bond acceptors (Lipinski definition) is 5. The second-order valence-corrected chi connectivity index (χ2v) is 7.38. The number of hydrogen-bond donors (Lipinski definition) is 2. The average Bonchev–Trinajstić information content (AvgIpc) is 3.04. The minimum absolute atomic E-state index is 0.194. The predicted molar refractivity (Wildman–Crippen MR) is 108 cm³/mol. The Kier molecular flexibility index (Phi) is 3.84. The highest BCUT2D eigenvalue weighted by atomic mass is 16.2. The maximum absolute atomic E-state index is 12.8. The Hall–Kier alpha value is -3.74. The molecule has 0 spiro atoms. The summed E-state index contributed by atoms with van der Waals surface area (Å²) in [5.41, 5.74) is 9.85. The van der Waals surface area contributed by atoms with Crippen molar-refractivity contribution >= 4 is 34.2 Å². The van der Waals surface area contributed by atoms with Crippen molar-refractivity contribution in [1.29, 1.82) is 0 Å². The molecule has 1 atom stereocenters. The van der Waals surface area contributed by atoms with E-state index in [1.54, 1.807) is 12.3 Å². The van der Waals surface area contributed by atoms with Crippen LogP contribution in [0.25, 0.3) is 22.0 Å². The summed E-state index contributed by atoms with van der Waals surface area (Å²) in [6.07, 6.45) is 2.37. The number of aromatic nitrogens is 1. The first-order valence-electron chi connectivity index (χ1n) is 9.44. The molecule has 1 saturated heterocycles. The molecule has 0 bridgehead atoms. The molecule has 1 aromatic heterocycles. The molecule has 2 aromatic carbocycles. The fourth-order valence-corrected chi connectivity index (χ4v) is 4.14. The van der Waals surface area contributed by atoms with Gasteiger partial charge in [-0.3, -0.25) is 24.7 Å². The normalized spacial score (nSPS) is 18.8. The van der Waals surface area contributed by atoms with Gasteiger partial charge in [-0.05, 0) is 24.1 Å². The summed E-state index contributed by atoms with van der Waals surface area (Å²) in [5, 5.41) is 4.21. The first-order chi connectivity index (χ1) is 14.0. The van der Waals surface area contributed by atoms with Gasteiger partial charge in [-0.15, -0.1) is 0 Å². The molecular weight excluding hydrogens is 368 g/mol. The first-order valence-corrected chi connectivity index (χ1v) is 9.44. The number of nitrogens with two attached hydrogens (primary N) is 1. The molecule has 7 nitrogen and oxygen atoms in total. The SMILES string of the molecule is Nc1c(-c2ccc3c(c2)CN(C2CCC(=O)NC2=O)C3=O)ncc2ccccc12. The maximum atomic E-state index is 12.8. The monoisotopic (exact) mass is 386 g/mol. The number of carbonyl (C=O) groups excluding carboxylic acids is 3. The second-order valence-electron chi connectivity index (χ2n) is 7.38. The van der Waals surface area contributed by atoms with Crippen LogP contribution in [-0.4, -0.2) is 33.6 Å². The lowest BCUT2D eigenvalue weighted by Gasteiger charge is -2.29. The van der Waals surface area contributed by atoms with Crippen LogP contribution in [0.1, 0.15) is 28.8 Å². The van der Waals surface area contributed by atoms with Crippen molar-refractivity contribution in [3.05, 3.63) is 59.8 Å². The molecule has 3 N–H and O–H groups in total. The molecule has 2 aliphatic heterocycles. The van der Waals surface area contributed by atoms with E-state index in [1.165, 1.54) is 4.90 Å². The Balaban J connectivity index is 1.50. The zero-order valence-corrected chi connectivity index (χ0v) is 15.5. The van der Waals surface area contributed by atoms with Crippen LogP contribution in [-0.2, 0) is 16.1 Å². The third-order valence-electron chi connectivity index (χ3n) is 5.64. The molecule has 0 aliphatic carbocycles. The number of amides is 3. The van der Waals surface area contributed by atoms with E-state index in [9.17, 15) is 14.4 Å². The van der Waals surface area contributed by atoms with Gasteiger partial charge in [0.2, 0.25) is 11.8 Å². The largest absolute Gasteiger partial charge is 0.396 e. The predicted octanol–water partition coefficient (Wildman–Crippen LogP) is 2.25. The summed E-state index contributed by atoms with van der Waals surface area (Å²) in [5.74, 6) is -0.904. The van der Waals surface area contributed by atoms with E-state index >= 15 is 0 Å². The van der Waals surface area contributed by atoms with Gasteiger partial charge >= 0.3 is 0 Å². The van der Waals surface area contributed by atoms with Gasteiger partial charge < -0.3 is 10.6 Å². The molecule has 2 aliphatic rings. The van der Waals surface area contributed by atoms with Crippen LogP contribution in [0.4, 0.5) is 5.69 Å². The Morgan fingerprint density at radius 1 is 1.10 bits per heavy atom. The van der Waals surface area contributed by atoms with Crippen LogP contribution in [0, 0.1) is 0 Å². The molecule has 5 rings (SSSR count). The standard InChI is InChI=1S/C22H18N4O3/c23-19-15-4-2-1-3-13(15)10-24-20(19)12-5-6-16-14(9-12)11-26(22(16)29)17-7-8-18(27)25-21(17)28/h1-6,9-10,17H,7-8,11,23H2,(H,25,27,28). The minimum Gasteiger partial charge on any atom is -0.396 e. The van der Waals surface area contributed by atoms with Gasteiger partial charge in [0.1, 0.15) is 6.04 Å². The summed E-state index contributed by atoms with van der Waals surface area (Å²) < 4.78 is 0. The van der Waals surface area contributed by atoms with Crippen LogP contribution in [0.3, 0.4) is 0 Å². The van der Waals surface area contributed by atoms with E-state index in [4.69, 9.17) is 5.73 Å². The lowest BCUT2D eigenvalue weighted by atomic mass is 10.0. The molecule has 3 aromatic rings. The lowest BCUT2D eigenvalue weighted by molar-refractivity contribution is -0.136. The highest BCUT2D eigenvalue weighted by Gasteiger charge is 2.39. The molecule has 144 valence electrons. The van der Waals surface area contributed by atoms with Crippen molar-refractivity contribution < 1.29 is 14.4 Å². The zero-order chi connectivity index (χ0) is 20.1. The number of piperidine rings is 1. The zero-order valence-electron chi connectivity index (χ0n) is 15.5. The molecule has 0 radical (unpaired) electrons. The van der Waals surface area contributed by atoms with E-state index in [1.807, 2.05) is 36.4 Å². The maximum Gasteiger partial charge on any atom is 0.255 e. The van der Waals surface area contributed by atoms with E-state index in [0.717, 1.165) is 21.9 Å². The summed E-state index contributed by atoms with van der Waals surface area (Å²) in [7, 11) is 0. The van der Waals surface area contributed by atoms with Gasteiger partial charge in [0.25, 0.3) is 5.91 Å². The number of pyridine rings is 1. The van der Waals surface area contributed by atoms with Crippen molar-refractivity contribution in [1.82, 2.24) is 15.2 Å². The Morgan fingerprint density at radius 2 is 1.93 bits per heavy atom. The van der Waals surface area contributed by atoms with Gasteiger partial charge in [0, 0.05) is 41.1 Å². The van der Waals surface area contributed by atoms with E-state index in [2.05, 4.69) is 10.3 Å². The third kappa shape index (κ3) is 2.74. The lowest BCUT2D eigenvalue weighted by Crippen LogP contribution is -2.52. The van der Waals surface area contributed by atoms with Crippen LogP contribution in [0.2, 0.25) is 0 Å². The van der Waals surface area contributed by atoms with Crippen LogP contribution in [0.15, 0.2) is 48.7 Å². The van der Waals surface area contributed by atoms with Gasteiger partial charge in [-0.2, -0.15) is 0 Å². The summed E-state index contributed by atoms with van der Waals surface area (Å²) >= 11 is 0. The van der Waals surface area contributed by atoms with E-state index in [0.29, 0.717) is 29.9 Å². The number of carbonyl (C=O) groups is 3. The number of benzene rings is 2. The summed E-state index contributed by atoms with van der Waals surface area (Å²) in [6, 6.07) is 12.7. The molecular formula is C22H18N4O3. The summed E-state index contributed by atoms with van der Waals surface area (Å²) in [6.45, 7) is 0.321. The second kappa shape index (κ2) is 6.41. The smallest absolute Gasteiger partial charge is 0.255 e. The molecule has 1 fully saturated rings. The highest BCUT2D eigenvalue weighted by Crippen LogP contribution is 2.34.